The van der Waals surface area contributed by atoms with E-state index < -0.39 is 29.9 Å². The second-order valence-corrected chi connectivity index (χ2v) is 5.95. The van der Waals surface area contributed by atoms with Crippen molar-refractivity contribution in [3.63, 3.8) is 0 Å². The molecule has 1 rings (SSSR count). The molecule has 0 spiro atoms. The minimum atomic E-state index is -0.991. The maximum Gasteiger partial charge on any atom is 0.411 e. The first kappa shape index (κ1) is 20.0. The molecule has 1 aliphatic carbocycles. The van der Waals surface area contributed by atoms with Crippen molar-refractivity contribution in [2.24, 2.45) is 11.7 Å². The number of nitrogens with two attached hydrogens (primary N) is 1. The van der Waals surface area contributed by atoms with Crippen molar-refractivity contribution < 1.29 is 28.6 Å². The van der Waals surface area contributed by atoms with E-state index >= 15 is 0 Å². The number of ether oxygens (including phenoxy) is 3. The van der Waals surface area contributed by atoms with Gasteiger partial charge in [0, 0.05) is 14.1 Å². The van der Waals surface area contributed by atoms with E-state index in [9.17, 15) is 14.4 Å². The van der Waals surface area contributed by atoms with Gasteiger partial charge in [-0.15, -0.1) is 0 Å². The smallest absolute Gasteiger partial charge is 0.411 e. The Morgan fingerprint density at radius 2 is 1.54 bits per heavy atom. The highest BCUT2D eigenvalue weighted by molar-refractivity contribution is 5.76. The third-order valence-corrected chi connectivity index (χ3v) is 4.87. The minimum absolute atomic E-state index is 0.245. The van der Waals surface area contributed by atoms with Crippen molar-refractivity contribution in [3.05, 3.63) is 0 Å². The highest BCUT2D eigenvalue weighted by atomic mass is 16.6. The molecule has 1 aliphatic rings. The summed E-state index contributed by atoms with van der Waals surface area (Å²) in [7, 11) is 6.92. The second kappa shape index (κ2) is 8.18. The van der Waals surface area contributed by atoms with Crippen LogP contribution in [0.2, 0.25) is 0 Å². The lowest BCUT2D eigenvalue weighted by Crippen LogP contribution is -2.64. The van der Waals surface area contributed by atoms with Crippen LogP contribution in [0.4, 0.5) is 9.59 Å². The van der Waals surface area contributed by atoms with Gasteiger partial charge in [0.15, 0.2) is 0 Å². The zero-order valence-electron chi connectivity index (χ0n) is 14.9. The highest BCUT2D eigenvalue weighted by Gasteiger charge is 2.49. The van der Waals surface area contributed by atoms with Crippen molar-refractivity contribution in [2.45, 2.75) is 37.4 Å². The van der Waals surface area contributed by atoms with Crippen LogP contribution in [0.5, 0.6) is 0 Å². The number of rotatable bonds is 4. The second-order valence-electron chi connectivity index (χ2n) is 5.95. The molecule has 2 atom stereocenters. The van der Waals surface area contributed by atoms with Gasteiger partial charge in [0.2, 0.25) is 0 Å². The average Bonchev–Trinajstić information content (AvgIpc) is 2.63. The fraction of sp³-hybridized carbons (Fsp3) is 0.800. The van der Waals surface area contributed by atoms with Gasteiger partial charge in [-0.05, 0) is 31.6 Å². The number of nitrogens with zero attached hydrogens (tertiary/aromatic N) is 2. The first-order valence-corrected chi connectivity index (χ1v) is 7.72. The van der Waals surface area contributed by atoms with Gasteiger partial charge in [-0.1, -0.05) is 0 Å². The quantitative estimate of drug-likeness (QED) is 0.455. The molecule has 1 fully saturated rings. The number of esters is 1. The molecule has 0 aromatic rings. The first-order chi connectivity index (χ1) is 11.2. The predicted octanol–water partition coefficient (Wildman–Crippen LogP) is 0.770. The van der Waals surface area contributed by atoms with Gasteiger partial charge in [-0.2, -0.15) is 0 Å². The Hall–Kier alpha value is -2.03. The van der Waals surface area contributed by atoms with E-state index in [0.717, 1.165) is 0 Å². The first-order valence-electron chi connectivity index (χ1n) is 7.72. The third-order valence-electron chi connectivity index (χ3n) is 4.87. The summed E-state index contributed by atoms with van der Waals surface area (Å²) in [6.45, 7) is 0. The van der Waals surface area contributed by atoms with Crippen LogP contribution in [0.25, 0.3) is 0 Å². The molecule has 0 heterocycles. The summed E-state index contributed by atoms with van der Waals surface area (Å²) in [4.78, 5) is 38.7. The Balaban J connectivity index is 3.19. The average molecular weight is 345 g/mol. The Bertz CT molecular complexity index is 462. The summed E-state index contributed by atoms with van der Waals surface area (Å²) in [6, 6.07) is -0.827. The van der Waals surface area contributed by atoms with Gasteiger partial charge in [0.25, 0.3) is 0 Å². The van der Waals surface area contributed by atoms with E-state index in [1.165, 1.54) is 31.1 Å². The Morgan fingerprint density at radius 1 is 1.04 bits per heavy atom. The van der Waals surface area contributed by atoms with E-state index in [2.05, 4.69) is 0 Å². The maximum absolute atomic E-state index is 12.1. The molecule has 0 aromatic carbocycles. The van der Waals surface area contributed by atoms with Crippen LogP contribution in [0, 0.1) is 5.92 Å². The van der Waals surface area contributed by atoms with Crippen molar-refractivity contribution >= 4 is 18.2 Å². The fourth-order valence-electron chi connectivity index (χ4n) is 3.35. The zero-order valence-corrected chi connectivity index (χ0v) is 14.9. The molecule has 0 bridgehead atoms. The molecule has 1 saturated carbocycles. The molecule has 2 amide bonds. The van der Waals surface area contributed by atoms with Crippen LogP contribution in [0.1, 0.15) is 25.7 Å². The van der Waals surface area contributed by atoms with Crippen molar-refractivity contribution in [1.29, 1.82) is 0 Å². The summed E-state index contributed by atoms with van der Waals surface area (Å²) >= 11 is 0. The van der Waals surface area contributed by atoms with Crippen LogP contribution in [-0.2, 0) is 19.0 Å². The van der Waals surface area contributed by atoms with Crippen LogP contribution in [-0.4, -0.2) is 75.1 Å². The molecule has 9 heteroatoms. The van der Waals surface area contributed by atoms with Gasteiger partial charge in [-0.25, -0.2) is 9.59 Å². The number of hydrogen-bond donors (Lipinski definition) is 1. The lowest BCUT2D eigenvalue weighted by molar-refractivity contribution is -0.145. The molecule has 138 valence electrons. The van der Waals surface area contributed by atoms with Crippen LogP contribution in [0.3, 0.4) is 0 Å². The SMILES string of the molecule is COC(=O)C(N)C1CCCC(N(C)C(=O)OC)(N(C)C(=O)OC)C1. The molecule has 0 aromatic heterocycles. The molecular formula is C15H27N3O6. The summed E-state index contributed by atoms with van der Waals surface area (Å²) in [5.74, 6) is -0.761. The standard InChI is InChI=1S/C15H27N3O6/c1-17(13(20)23-4)15(18(2)14(21)24-5)8-6-7-10(9-15)11(16)12(19)22-3/h10-11H,6-9,16H2,1-5H3. The van der Waals surface area contributed by atoms with Crippen molar-refractivity contribution in [2.75, 3.05) is 35.4 Å². The Kier molecular flexibility index (Phi) is 6.82. The minimum Gasteiger partial charge on any atom is -0.468 e. The monoisotopic (exact) mass is 345 g/mol. The molecule has 0 aliphatic heterocycles. The summed E-state index contributed by atoms with van der Waals surface area (Å²) in [5.41, 5.74) is 5.01. The molecule has 0 saturated heterocycles. The van der Waals surface area contributed by atoms with Crippen LogP contribution >= 0.6 is 0 Å². The van der Waals surface area contributed by atoms with Crippen molar-refractivity contribution in [3.8, 4) is 0 Å². The number of carbonyl (C=O) groups excluding carboxylic acids is 3. The number of amides is 2. The zero-order chi connectivity index (χ0) is 18.5. The maximum atomic E-state index is 12.1. The summed E-state index contributed by atoms with van der Waals surface area (Å²) in [6.07, 6.45) is 1.05. The van der Waals surface area contributed by atoms with Gasteiger partial charge < -0.3 is 19.9 Å². The molecular weight excluding hydrogens is 318 g/mol. The number of carbonyl (C=O) groups is 3. The van der Waals surface area contributed by atoms with Gasteiger partial charge in [0.1, 0.15) is 11.7 Å². The lowest BCUT2D eigenvalue weighted by Gasteiger charge is -2.51. The molecule has 24 heavy (non-hydrogen) atoms. The molecule has 2 N–H and O–H groups in total. The molecule has 9 nitrogen and oxygen atoms in total. The highest BCUT2D eigenvalue weighted by Crippen LogP contribution is 2.40. The van der Waals surface area contributed by atoms with E-state index in [1.54, 1.807) is 14.1 Å². The predicted molar refractivity (Wildman–Crippen MR) is 85.0 cm³/mol. The fourth-order valence-corrected chi connectivity index (χ4v) is 3.35. The Morgan fingerprint density at radius 3 is 1.96 bits per heavy atom. The number of methoxy groups -OCH3 is 3. The summed E-state index contributed by atoms with van der Waals surface area (Å²) < 4.78 is 14.3. The normalized spacial score (nSPS) is 20.5. The molecule has 0 radical (unpaired) electrons. The Labute approximate surface area is 142 Å². The van der Waals surface area contributed by atoms with E-state index in [4.69, 9.17) is 19.9 Å². The summed E-state index contributed by atoms with van der Waals surface area (Å²) in [5, 5.41) is 0. The van der Waals surface area contributed by atoms with E-state index in [1.807, 2.05) is 0 Å². The van der Waals surface area contributed by atoms with Gasteiger partial charge in [0.05, 0.1) is 21.3 Å². The van der Waals surface area contributed by atoms with E-state index in [-0.39, 0.29) is 5.92 Å². The number of hydrogen-bond acceptors (Lipinski definition) is 7. The lowest BCUT2D eigenvalue weighted by atomic mass is 9.76. The van der Waals surface area contributed by atoms with Gasteiger partial charge >= 0.3 is 18.2 Å². The van der Waals surface area contributed by atoms with Crippen molar-refractivity contribution in [1.82, 2.24) is 9.80 Å². The van der Waals surface area contributed by atoms with Crippen LogP contribution in [0.15, 0.2) is 0 Å². The van der Waals surface area contributed by atoms with Gasteiger partial charge in [-0.3, -0.25) is 14.6 Å². The topological polar surface area (TPSA) is 111 Å². The third kappa shape index (κ3) is 3.72. The largest absolute Gasteiger partial charge is 0.468 e. The van der Waals surface area contributed by atoms with Crippen LogP contribution < -0.4 is 5.73 Å². The molecule has 2 unspecified atom stereocenters. The van der Waals surface area contributed by atoms with E-state index in [0.29, 0.717) is 25.7 Å².